The molecule has 0 unspecified atom stereocenters. The number of hydrogen-bond donors (Lipinski definition) is 0. The standard InChI is InChI=1S/C11H20S/c1-9(2)10-3-5-11(6-4-10)7-12-8-11/h9-10H,3-8H2,1-2H3. The molecule has 2 rings (SSSR count). The summed E-state index contributed by atoms with van der Waals surface area (Å²) in [5, 5.41) is 0. The summed E-state index contributed by atoms with van der Waals surface area (Å²) < 4.78 is 0. The Bertz CT molecular complexity index is 148. The monoisotopic (exact) mass is 184 g/mol. The second-order valence-corrected chi connectivity index (χ2v) is 6.06. The van der Waals surface area contributed by atoms with Gasteiger partial charge in [0.2, 0.25) is 0 Å². The van der Waals surface area contributed by atoms with Crippen molar-refractivity contribution >= 4 is 11.8 Å². The van der Waals surface area contributed by atoms with Crippen LogP contribution in [0.1, 0.15) is 39.5 Å². The SMILES string of the molecule is CC(C)C1CCC2(CC1)CSC2. The van der Waals surface area contributed by atoms with Crippen LogP contribution in [0, 0.1) is 17.3 Å². The van der Waals surface area contributed by atoms with Gasteiger partial charge in [0, 0.05) is 0 Å². The topological polar surface area (TPSA) is 0 Å². The van der Waals surface area contributed by atoms with Crippen LogP contribution in [0.4, 0.5) is 0 Å². The third kappa shape index (κ3) is 1.53. The minimum atomic E-state index is 0.829. The van der Waals surface area contributed by atoms with E-state index in [1.165, 1.54) is 37.2 Å². The molecule has 0 bridgehead atoms. The fraction of sp³-hybridized carbons (Fsp3) is 1.00. The molecule has 2 aliphatic rings. The van der Waals surface area contributed by atoms with E-state index < -0.39 is 0 Å². The molecule has 70 valence electrons. The lowest BCUT2D eigenvalue weighted by Gasteiger charge is -2.47. The van der Waals surface area contributed by atoms with Crippen molar-refractivity contribution in [3.8, 4) is 0 Å². The molecule has 0 aromatic heterocycles. The predicted molar refractivity (Wildman–Crippen MR) is 56.6 cm³/mol. The van der Waals surface area contributed by atoms with Gasteiger partial charge in [0.25, 0.3) is 0 Å². The van der Waals surface area contributed by atoms with Crippen LogP contribution in [0.25, 0.3) is 0 Å². The minimum Gasteiger partial charge on any atom is -0.161 e. The van der Waals surface area contributed by atoms with Gasteiger partial charge in [0.1, 0.15) is 0 Å². The number of thioether (sulfide) groups is 1. The minimum absolute atomic E-state index is 0.829. The first-order valence-corrected chi connectivity index (χ1v) is 6.45. The van der Waals surface area contributed by atoms with E-state index in [2.05, 4.69) is 25.6 Å². The zero-order valence-electron chi connectivity index (χ0n) is 8.31. The van der Waals surface area contributed by atoms with Gasteiger partial charge in [-0.3, -0.25) is 0 Å². The maximum atomic E-state index is 2.39. The van der Waals surface area contributed by atoms with Crippen LogP contribution in [0.2, 0.25) is 0 Å². The van der Waals surface area contributed by atoms with E-state index in [0.29, 0.717) is 0 Å². The quantitative estimate of drug-likeness (QED) is 0.600. The van der Waals surface area contributed by atoms with Crippen LogP contribution in [0.5, 0.6) is 0 Å². The van der Waals surface area contributed by atoms with Crippen molar-refractivity contribution in [3.05, 3.63) is 0 Å². The van der Waals surface area contributed by atoms with Crippen molar-refractivity contribution in [2.24, 2.45) is 17.3 Å². The molecule has 0 aromatic carbocycles. The smallest absolute Gasteiger partial charge is 0.000269 e. The van der Waals surface area contributed by atoms with Crippen LogP contribution in [0.3, 0.4) is 0 Å². The van der Waals surface area contributed by atoms with Gasteiger partial charge >= 0.3 is 0 Å². The van der Waals surface area contributed by atoms with E-state index in [0.717, 1.165) is 17.3 Å². The largest absolute Gasteiger partial charge is 0.161 e. The first-order valence-electron chi connectivity index (χ1n) is 5.30. The molecule has 0 atom stereocenters. The van der Waals surface area contributed by atoms with Gasteiger partial charge in [0.05, 0.1) is 0 Å². The maximum absolute atomic E-state index is 2.39. The summed E-state index contributed by atoms with van der Waals surface area (Å²) in [5.41, 5.74) is 0.829. The molecule has 1 heterocycles. The number of hydrogen-bond acceptors (Lipinski definition) is 1. The molecule has 0 amide bonds. The zero-order chi connectivity index (χ0) is 8.60. The average molecular weight is 184 g/mol. The third-order valence-corrected chi connectivity index (χ3v) is 5.48. The van der Waals surface area contributed by atoms with Crippen molar-refractivity contribution in [1.29, 1.82) is 0 Å². The van der Waals surface area contributed by atoms with E-state index in [1.807, 2.05) is 0 Å². The predicted octanol–water partition coefficient (Wildman–Crippen LogP) is 3.57. The van der Waals surface area contributed by atoms with E-state index in [4.69, 9.17) is 0 Å². The Morgan fingerprint density at radius 1 is 1.17 bits per heavy atom. The molecule has 0 radical (unpaired) electrons. The summed E-state index contributed by atoms with van der Waals surface area (Å²) in [6.45, 7) is 4.77. The Morgan fingerprint density at radius 3 is 2.08 bits per heavy atom. The van der Waals surface area contributed by atoms with Gasteiger partial charge < -0.3 is 0 Å². The Balaban J connectivity index is 1.84. The highest BCUT2D eigenvalue weighted by atomic mass is 32.2. The van der Waals surface area contributed by atoms with Gasteiger partial charge in [-0.25, -0.2) is 0 Å². The van der Waals surface area contributed by atoms with E-state index in [-0.39, 0.29) is 0 Å². The van der Waals surface area contributed by atoms with Crippen LogP contribution < -0.4 is 0 Å². The molecule has 1 saturated carbocycles. The van der Waals surface area contributed by atoms with Crippen molar-refractivity contribution < 1.29 is 0 Å². The Hall–Kier alpha value is 0.350. The van der Waals surface area contributed by atoms with E-state index in [9.17, 15) is 0 Å². The van der Waals surface area contributed by atoms with Crippen LogP contribution in [-0.4, -0.2) is 11.5 Å². The molecule has 1 aliphatic carbocycles. The van der Waals surface area contributed by atoms with Gasteiger partial charge in [-0.2, -0.15) is 11.8 Å². The van der Waals surface area contributed by atoms with Crippen molar-refractivity contribution in [3.63, 3.8) is 0 Å². The second-order valence-electron chi connectivity index (χ2n) is 5.07. The van der Waals surface area contributed by atoms with Gasteiger partial charge in [0.15, 0.2) is 0 Å². The first kappa shape index (κ1) is 8.93. The molecule has 1 heteroatoms. The lowest BCUT2D eigenvalue weighted by Crippen LogP contribution is -2.39. The first-order chi connectivity index (χ1) is 5.72. The normalized spacial score (nSPS) is 29.2. The summed E-state index contributed by atoms with van der Waals surface area (Å²) in [5.74, 6) is 4.91. The third-order valence-electron chi connectivity index (χ3n) is 3.85. The highest BCUT2D eigenvalue weighted by Gasteiger charge is 2.40. The van der Waals surface area contributed by atoms with Crippen LogP contribution in [0.15, 0.2) is 0 Å². The van der Waals surface area contributed by atoms with Gasteiger partial charge in [-0.15, -0.1) is 0 Å². The van der Waals surface area contributed by atoms with E-state index in [1.54, 1.807) is 0 Å². The van der Waals surface area contributed by atoms with Crippen LogP contribution in [-0.2, 0) is 0 Å². The highest BCUT2D eigenvalue weighted by Crippen LogP contribution is 2.50. The number of rotatable bonds is 1. The van der Waals surface area contributed by atoms with Crippen LogP contribution >= 0.6 is 11.8 Å². The second kappa shape index (κ2) is 3.25. The highest BCUT2D eigenvalue weighted by molar-refractivity contribution is 8.00. The molecule has 1 saturated heterocycles. The Labute approximate surface area is 80.5 Å². The molecule has 12 heavy (non-hydrogen) atoms. The average Bonchev–Trinajstić information content (AvgIpc) is 2.02. The summed E-state index contributed by atoms with van der Waals surface area (Å²) >= 11 is 2.15. The van der Waals surface area contributed by atoms with E-state index >= 15 is 0 Å². The van der Waals surface area contributed by atoms with Gasteiger partial charge in [-0.05, 0) is 54.4 Å². The summed E-state index contributed by atoms with van der Waals surface area (Å²) in [6.07, 6.45) is 6.09. The molecule has 0 N–H and O–H groups in total. The summed E-state index contributed by atoms with van der Waals surface area (Å²) in [6, 6.07) is 0. The molecular formula is C11H20S. The zero-order valence-corrected chi connectivity index (χ0v) is 9.12. The lowest BCUT2D eigenvalue weighted by atomic mass is 9.69. The van der Waals surface area contributed by atoms with Crippen molar-refractivity contribution in [2.45, 2.75) is 39.5 Å². The maximum Gasteiger partial charge on any atom is -0.000269 e. The van der Waals surface area contributed by atoms with Gasteiger partial charge in [-0.1, -0.05) is 13.8 Å². The van der Waals surface area contributed by atoms with Crippen molar-refractivity contribution in [1.82, 2.24) is 0 Å². The summed E-state index contributed by atoms with van der Waals surface area (Å²) in [4.78, 5) is 0. The molecule has 2 fully saturated rings. The molecule has 0 aromatic rings. The molecule has 1 aliphatic heterocycles. The molecular weight excluding hydrogens is 164 g/mol. The molecule has 0 nitrogen and oxygen atoms in total. The molecule has 1 spiro atoms. The Morgan fingerprint density at radius 2 is 1.75 bits per heavy atom. The Kier molecular flexibility index (Phi) is 2.42. The fourth-order valence-corrected chi connectivity index (χ4v) is 3.96. The fourth-order valence-electron chi connectivity index (χ4n) is 2.60. The summed E-state index contributed by atoms with van der Waals surface area (Å²) in [7, 11) is 0. The lowest BCUT2D eigenvalue weighted by molar-refractivity contribution is 0.159. The van der Waals surface area contributed by atoms with Crippen molar-refractivity contribution in [2.75, 3.05) is 11.5 Å².